The number of aromatic nitrogens is 2. The van der Waals surface area contributed by atoms with Gasteiger partial charge in [0.15, 0.2) is 23.3 Å². The number of imidazole rings is 1. The molecule has 0 radical (unpaired) electrons. The van der Waals surface area contributed by atoms with E-state index in [1.165, 1.54) is 25.0 Å². The van der Waals surface area contributed by atoms with Gasteiger partial charge in [0.1, 0.15) is 5.82 Å². The fourth-order valence-corrected chi connectivity index (χ4v) is 4.97. The van der Waals surface area contributed by atoms with Crippen LogP contribution in [0.25, 0.3) is 28.0 Å². The Bertz CT molecular complexity index is 1330. The molecule has 3 nitrogen and oxygen atoms in total. The summed E-state index contributed by atoms with van der Waals surface area (Å²) in [6.07, 6.45) is 14.2. The highest BCUT2D eigenvalue weighted by Crippen LogP contribution is 2.36. The topological polar surface area (TPSA) is 40.7 Å². The number of benzene rings is 2. The molecule has 2 aliphatic rings. The van der Waals surface area contributed by atoms with E-state index in [1.54, 1.807) is 18.2 Å². The van der Waals surface area contributed by atoms with Crippen LogP contribution < -0.4 is 5.32 Å². The summed E-state index contributed by atoms with van der Waals surface area (Å²) >= 11 is 0. The molecule has 3 aromatic rings. The third kappa shape index (κ3) is 4.57. The van der Waals surface area contributed by atoms with Crippen LogP contribution >= 0.6 is 0 Å². The molecule has 5 rings (SSSR count). The standard InChI is InChI=1S/C28H27F4N3/c1-16-13-18(15-33-19-11-7-8-12-19)27-20(14-16)34-28(35-27)22-25(31)23(29)21(24(30)26(22)32)17-9-5-3-2-4-6-10-17/h3,5-6,9-10,13-14,19,33H,2,4,7-8,11-12,15H2,1H3,(H,34,35)/b5-3-,10-6-,17-9+. The molecule has 182 valence electrons. The van der Waals surface area contributed by atoms with Crippen molar-refractivity contribution in [3.05, 3.63) is 82.5 Å². The first-order valence-electron chi connectivity index (χ1n) is 12.1. The minimum Gasteiger partial charge on any atom is -0.338 e. The summed E-state index contributed by atoms with van der Waals surface area (Å²) in [7, 11) is 0. The molecule has 0 unspecified atom stereocenters. The number of nitrogens with zero attached hydrogens (tertiary/aromatic N) is 1. The molecule has 1 saturated carbocycles. The number of H-pyrrole nitrogens is 1. The summed E-state index contributed by atoms with van der Waals surface area (Å²) < 4.78 is 60.9. The zero-order valence-electron chi connectivity index (χ0n) is 19.5. The van der Waals surface area contributed by atoms with Crippen molar-refractivity contribution in [1.82, 2.24) is 15.3 Å². The van der Waals surface area contributed by atoms with Crippen molar-refractivity contribution in [2.24, 2.45) is 0 Å². The van der Waals surface area contributed by atoms with Gasteiger partial charge in [0.05, 0.1) is 22.2 Å². The molecule has 1 aromatic heterocycles. The Kier molecular flexibility index (Phi) is 6.60. The lowest BCUT2D eigenvalue weighted by molar-refractivity contribution is 0.454. The van der Waals surface area contributed by atoms with Crippen molar-refractivity contribution in [2.45, 2.75) is 58.0 Å². The summed E-state index contributed by atoms with van der Waals surface area (Å²) in [5, 5.41) is 3.53. The van der Waals surface area contributed by atoms with Gasteiger partial charge in [-0.3, -0.25) is 0 Å². The van der Waals surface area contributed by atoms with Crippen molar-refractivity contribution in [2.75, 3.05) is 0 Å². The van der Waals surface area contributed by atoms with Crippen LogP contribution in [0.5, 0.6) is 0 Å². The van der Waals surface area contributed by atoms with E-state index in [2.05, 4.69) is 15.3 Å². The van der Waals surface area contributed by atoms with Crippen molar-refractivity contribution in [1.29, 1.82) is 0 Å². The van der Waals surface area contributed by atoms with Gasteiger partial charge in [-0.1, -0.05) is 49.3 Å². The third-order valence-corrected chi connectivity index (χ3v) is 6.75. The van der Waals surface area contributed by atoms with E-state index in [9.17, 15) is 0 Å². The number of nitrogens with one attached hydrogen (secondary N) is 2. The number of fused-ring (bicyclic) bond motifs is 1. The van der Waals surface area contributed by atoms with E-state index < -0.39 is 34.4 Å². The van der Waals surface area contributed by atoms with Crippen molar-refractivity contribution in [3.8, 4) is 11.4 Å². The molecule has 1 fully saturated rings. The molecule has 0 bridgehead atoms. The third-order valence-electron chi connectivity index (χ3n) is 6.75. The summed E-state index contributed by atoms with van der Waals surface area (Å²) in [5.74, 6) is -6.07. The van der Waals surface area contributed by atoms with Gasteiger partial charge in [-0.25, -0.2) is 22.5 Å². The van der Waals surface area contributed by atoms with Gasteiger partial charge in [0.25, 0.3) is 0 Å². The Balaban J connectivity index is 1.58. The maximum Gasteiger partial charge on any atom is 0.173 e. The number of allylic oxidation sites excluding steroid dienone is 6. The lowest BCUT2D eigenvalue weighted by Gasteiger charge is -2.13. The van der Waals surface area contributed by atoms with Gasteiger partial charge in [0, 0.05) is 12.6 Å². The monoisotopic (exact) mass is 481 g/mol. The number of halogens is 4. The van der Waals surface area contributed by atoms with Gasteiger partial charge >= 0.3 is 0 Å². The van der Waals surface area contributed by atoms with Gasteiger partial charge in [-0.15, -0.1) is 0 Å². The first kappa shape index (κ1) is 23.5. The van der Waals surface area contributed by atoms with E-state index in [-0.39, 0.29) is 11.4 Å². The molecular weight excluding hydrogens is 454 g/mol. The average Bonchev–Trinajstić information content (AvgIpc) is 3.47. The fraction of sp³-hybridized carbons (Fsp3) is 0.321. The highest BCUT2D eigenvalue weighted by molar-refractivity contribution is 5.84. The predicted octanol–water partition coefficient (Wildman–Crippen LogP) is 7.42. The summed E-state index contributed by atoms with van der Waals surface area (Å²) in [5.41, 5.74) is 1.42. The number of hydrogen-bond donors (Lipinski definition) is 2. The van der Waals surface area contributed by atoms with E-state index in [4.69, 9.17) is 0 Å². The van der Waals surface area contributed by atoms with Crippen molar-refractivity contribution in [3.63, 3.8) is 0 Å². The molecule has 0 atom stereocenters. The first-order valence-corrected chi connectivity index (χ1v) is 12.1. The van der Waals surface area contributed by atoms with E-state index in [0.717, 1.165) is 30.4 Å². The predicted molar refractivity (Wildman–Crippen MR) is 131 cm³/mol. The molecular formula is C28H27F4N3. The van der Waals surface area contributed by atoms with Gasteiger partial charge in [-0.2, -0.15) is 0 Å². The van der Waals surface area contributed by atoms with Crippen LogP contribution in [0, 0.1) is 30.2 Å². The van der Waals surface area contributed by atoms with E-state index in [0.29, 0.717) is 30.0 Å². The highest BCUT2D eigenvalue weighted by Gasteiger charge is 2.29. The zero-order chi connectivity index (χ0) is 24.5. The Hall–Kier alpha value is -3.19. The largest absolute Gasteiger partial charge is 0.338 e. The van der Waals surface area contributed by atoms with Crippen LogP contribution in [0.1, 0.15) is 55.2 Å². The SMILES string of the molecule is Cc1cc(CNC2CCCC2)c2[nH]c(-c3c(F)c(F)c(C4=C/C=C\CC/C=C\4)c(F)c3F)nc2c1. The minimum atomic E-state index is -1.47. The Labute approximate surface area is 201 Å². The summed E-state index contributed by atoms with van der Waals surface area (Å²) in [4.78, 5) is 7.25. The quantitative estimate of drug-likeness (QED) is 0.294. The number of aromatic amines is 1. The Morgan fingerprint density at radius 3 is 2.37 bits per heavy atom. The second kappa shape index (κ2) is 9.82. The Morgan fingerprint density at radius 2 is 1.63 bits per heavy atom. The van der Waals surface area contributed by atoms with Gasteiger partial charge < -0.3 is 10.3 Å². The second-order valence-electron chi connectivity index (χ2n) is 9.30. The molecule has 1 heterocycles. The molecule has 35 heavy (non-hydrogen) atoms. The van der Waals surface area contributed by atoms with Crippen LogP contribution in [0.3, 0.4) is 0 Å². The maximum atomic E-state index is 15.3. The zero-order valence-corrected chi connectivity index (χ0v) is 19.5. The van der Waals surface area contributed by atoms with Crippen LogP contribution in [-0.4, -0.2) is 16.0 Å². The van der Waals surface area contributed by atoms with Crippen LogP contribution in [0.4, 0.5) is 17.6 Å². The molecule has 2 N–H and O–H groups in total. The number of hydrogen-bond acceptors (Lipinski definition) is 2. The lowest BCUT2D eigenvalue weighted by atomic mass is 9.98. The molecule has 7 heteroatoms. The second-order valence-corrected chi connectivity index (χ2v) is 9.30. The Morgan fingerprint density at radius 1 is 0.943 bits per heavy atom. The smallest absolute Gasteiger partial charge is 0.173 e. The van der Waals surface area contributed by atoms with Gasteiger partial charge in [-0.05, 0) is 55.4 Å². The fourth-order valence-electron chi connectivity index (χ4n) is 4.97. The summed E-state index contributed by atoms with van der Waals surface area (Å²) in [6.45, 7) is 2.47. The van der Waals surface area contributed by atoms with Crippen molar-refractivity contribution >= 4 is 16.6 Å². The van der Waals surface area contributed by atoms with E-state index >= 15 is 17.6 Å². The number of aryl methyl sites for hydroxylation is 1. The molecule has 0 amide bonds. The molecule has 2 aromatic carbocycles. The molecule has 2 aliphatic carbocycles. The van der Waals surface area contributed by atoms with Crippen LogP contribution in [-0.2, 0) is 6.54 Å². The van der Waals surface area contributed by atoms with Crippen LogP contribution in [0.15, 0.2) is 42.5 Å². The van der Waals surface area contributed by atoms with E-state index in [1.807, 2.05) is 19.1 Å². The normalized spacial score (nSPS) is 20.0. The van der Waals surface area contributed by atoms with Crippen molar-refractivity contribution < 1.29 is 17.6 Å². The maximum absolute atomic E-state index is 15.3. The first-order chi connectivity index (χ1) is 16.9. The molecule has 0 aliphatic heterocycles. The highest BCUT2D eigenvalue weighted by atomic mass is 19.2. The average molecular weight is 482 g/mol. The van der Waals surface area contributed by atoms with Gasteiger partial charge in [0.2, 0.25) is 0 Å². The summed E-state index contributed by atoms with van der Waals surface area (Å²) in [6, 6.07) is 4.19. The lowest BCUT2D eigenvalue weighted by Crippen LogP contribution is -2.25. The molecule has 0 saturated heterocycles. The molecule has 0 spiro atoms. The number of rotatable bonds is 5. The minimum absolute atomic E-state index is 0.0702. The van der Waals surface area contributed by atoms with Crippen LogP contribution in [0.2, 0.25) is 0 Å².